The quantitative estimate of drug-likeness (QED) is 0.734. The van der Waals surface area contributed by atoms with Crippen molar-refractivity contribution in [3.63, 3.8) is 0 Å². The number of ether oxygens (including phenoxy) is 2. The molecule has 0 aliphatic heterocycles. The Morgan fingerprint density at radius 1 is 1.04 bits per heavy atom. The smallest absolute Gasteiger partial charge is 0.255 e. The highest BCUT2D eigenvalue weighted by atomic mass is 16.5. The molecule has 0 unspecified atom stereocenters. The summed E-state index contributed by atoms with van der Waals surface area (Å²) in [6.07, 6.45) is 3.03. The number of carbonyl (C=O) groups excluding carboxylic acids is 2. The van der Waals surface area contributed by atoms with Gasteiger partial charge in [-0.25, -0.2) is 0 Å². The molecule has 0 aliphatic carbocycles. The number of rotatable bonds is 6. The van der Waals surface area contributed by atoms with E-state index in [1.165, 1.54) is 26.6 Å². The van der Waals surface area contributed by atoms with Crippen LogP contribution in [0.1, 0.15) is 10.4 Å². The first-order valence-corrected chi connectivity index (χ1v) is 7.06. The first-order valence-electron chi connectivity index (χ1n) is 7.06. The van der Waals surface area contributed by atoms with Gasteiger partial charge in [0, 0.05) is 30.1 Å². The Bertz CT molecular complexity index is 734. The largest absolute Gasteiger partial charge is 0.493 e. The molecule has 8 nitrogen and oxygen atoms in total. The van der Waals surface area contributed by atoms with Gasteiger partial charge in [-0.05, 0) is 12.1 Å². The van der Waals surface area contributed by atoms with Crippen LogP contribution < -0.4 is 25.8 Å². The molecule has 4 N–H and O–H groups in total. The standard InChI is InChI=1S/C16H18N4O4/c1-23-13-7-11(19-15(21)9-17)12(8-14(13)24-2)20-16(22)10-3-5-18-6-4-10/h3-8H,9,17H2,1-2H3,(H,19,21)(H,20,22). The molecule has 0 saturated carbocycles. The predicted molar refractivity (Wildman–Crippen MR) is 89.4 cm³/mol. The molecule has 0 bridgehead atoms. The van der Waals surface area contributed by atoms with Crippen molar-refractivity contribution in [1.29, 1.82) is 0 Å². The topological polar surface area (TPSA) is 116 Å². The van der Waals surface area contributed by atoms with Crippen LogP contribution in [0.25, 0.3) is 0 Å². The zero-order chi connectivity index (χ0) is 17.5. The van der Waals surface area contributed by atoms with Gasteiger partial charge >= 0.3 is 0 Å². The van der Waals surface area contributed by atoms with Gasteiger partial charge in [0.05, 0.1) is 32.1 Å². The van der Waals surface area contributed by atoms with Crippen molar-refractivity contribution in [2.45, 2.75) is 0 Å². The van der Waals surface area contributed by atoms with Crippen molar-refractivity contribution in [2.24, 2.45) is 5.73 Å². The highest BCUT2D eigenvalue weighted by Gasteiger charge is 2.15. The maximum Gasteiger partial charge on any atom is 0.255 e. The van der Waals surface area contributed by atoms with Crippen LogP contribution in [-0.2, 0) is 4.79 Å². The molecule has 0 atom stereocenters. The highest BCUT2D eigenvalue weighted by molar-refractivity contribution is 6.07. The van der Waals surface area contributed by atoms with Crippen molar-refractivity contribution in [2.75, 3.05) is 31.4 Å². The molecular weight excluding hydrogens is 312 g/mol. The summed E-state index contributed by atoms with van der Waals surface area (Å²) in [6.45, 7) is -0.188. The number of amides is 2. The minimum absolute atomic E-state index is 0.188. The molecule has 0 spiro atoms. The molecule has 1 aromatic heterocycles. The zero-order valence-corrected chi connectivity index (χ0v) is 13.3. The van der Waals surface area contributed by atoms with E-state index in [-0.39, 0.29) is 12.5 Å². The summed E-state index contributed by atoms with van der Waals surface area (Å²) < 4.78 is 10.4. The van der Waals surface area contributed by atoms with Gasteiger partial charge in [0.2, 0.25) is 5.91 Å². The lowest BCUT2D eigenvalue weighted by atomic mass is 10.2. The third kappa shape index (κ3) is 3.99. The Kier molecular flexibility index (Phi) is 5.69. The lowest BCUT2D eigenvalue weighted by Crippen LogP contribution is -2.23. The van der Waals surface area contributed by atoms with Gasteiger partial charge in [-0.1, -0.05) is 0 Å². The molecule has 2 rings (SSSR count). The summed E-state index contributed by atoms with van der Waals surface area (Å²) in [4.78, 5) is 27.8. The van der Waals surface area contributed by atoms with Crippen LogP contribution in [-0.4, -0.2) is 37.6 Å². The third-order valence-electron chi connectivity index (χ3n) is 3.17. The number of pyridine rings is 1. The van der Waals surface area contributed by atoms with Gasteiger partial charge in [0.1, 0.15) is 0 Å². The predicted octanol–water partition coefficient (Wildman–Crippen LogP) is 1.25. The van der Waals surface area contributed by atoms with Gasteiger partial charge in [-0.15, -0.1) is 0 Å². The van der Waals surface area contributed by atoms with E-state index in [0.717, 1.165) is 0 Å². The van der Waals surface area contributed by atoms with Crippen LogP contribution in [0, 0.1) is 0 Å². The lowest BCUT2D eigenvalue weighted by molar-refractivity contribution is -0.114. The second kappa shape index (κ2) is 7.93. The minimum atomic E-state index is -0.401. The minimum Gasteiger partial charge on any atom is -0.493 e. The van der Waals surface area contributed by atoms with Crippen molar-refractivity contribution < 1.29 is 19.1 Å². The fourth-order valence-corrected chi connectivity index (χ4v) is 1.98. The summed E-state index contributed by atoms with van der Waals surface area (Å²) in [5.74, 6) is 0.0644. The van der Waals surface area contributed by atoms with E-state index in [9.17, 15) is 9.59 Å². The molecule has 0 fully saturated rings. The van der Waals surface area contributed by atoms with Crippen molar-refractivity contribution in [3.8, 4) is 11.5 Å². The number of benzene rings is 1. The van der Waals surface area contributed by atoms with Crippen LogP contribution >= 0.6 is 0 Å². The molecule has 2 aromatic rings. The van der Waals surface area contributed by atoms with Crippen molar-refractivity contribution in [3.05, 3.63) is 42.2 Å². The first-order chi connectivity index (χ1) is 11.6. The van der Waals surface area contributed by atoms with Gasteiger partial charge in [-0.2, -0.15) is 0 Å². The van der Waals surface area contributed by atoms with Crippen LogP contribution in [0.2, 0.25) is 0 Å². The van der Waals surface area contributed by atoms with E-state index < -0.39 is 5.91 Å². The lowest BCUT2D eigenvalue weighted by Gasteiger charge is -2.16. The van der Waals surface area contributed by atoms with E-state index >= 15 is 0 Å². The summed E-state index contributed by atoms with van der Waals surface area (Å²) in [7, 11) is 2.95. The van der Waals surface area contributed by atoms with Crippen LogP contribution in [0.15, 0.2) is 36.7 Å². The maximum atomic E-state index is 12.3. The summed E-state index contributed by atoms with van der Waals surface area (Å²) >= 11 is 0. The van der Waals surface area contributed by atoms with E-state index in [4.69, 9.17) is 15.2 Å². The monoisotopic (exact) mass is 330 g/mol. The average molecular weight is 330 g/mol. The van der Waals surface area contributed by atoms with E-state index in [0.29, 0.717) is 28.4 Å². The molecule has 2 amide bonds. The molecule has 126 valence electrons. The van der Waals surface area contributed by atoms with Crippen LogP contribution in [0.4, 0.5) is 11.4 Å². The Hall–Kier alpha value is -3.13. The number of aromatic nitrogens is 1. The second-order valence-electron chi connectivity index (χ2n) is 4.70. The Morgan fingerprint density at radius 2 is 1.58 bits per heavy atom. The second-order valence-corrected chi connectivity index (χ2v) is 4.70. The summed E-state index contributed by atoms with van der Waals surface area (Å²) in [6, 6.07) is 6.26. The number of anilines is 2. The third-order valence-corrected chi connectivity index (χ3v) is 3.17. The number of nitrogens with zero attached hydrogens (tertiary/aromatic N) is 1. The number of nitrogens with one attached hydrogen (secondary N) is 2. The number of methoxy groups -OCH3 is 2. The van der Waals surface area contributed by atoms with E-state index in [1.54, 1.807) is 24.3 Å². The van der Waals surface area contributed by atoms with Gasteiger partial charge in [0.15, 0.2) is 11.5 Å². The molecule has 0 saturated heterocycles. The molecule has 8 heteroatoms. The van der Waals surface area contributed by atoms with Gasteiger partial charge < -0.3 is 25.8 Å². The van der Waals surface area contributed by atoms with Crippen molar-refractivity contribution >= 4 is 23.2 Å². The van der Waals surface area contributed by atoms with Crippen molar-refractivity contribution in [1.82, 2.24) is 4.98 Å². The number of nitrogens with two attached hydrogens (primary N) is 1. The van der Waals surface area contributed by atoms with E-state index in [2.05, 4.69) is 15.6 Å². The fraction of sp³-hybridized carbons (Fsp3) is 0.188. The highest BCUT2D eigenvalue weighted by Crippen LogP contribution is 2.36. The fourth-order valence-electron chi connectivity index (χ4n) is 1.98. The first kappa shape index (κ1) is 17.2. The number of carbonyl (C=O) groups is 2. The van der Waals surface area contributed by atoms with Crippen LogP contribution in [0.5, 0.6) is 11.5 Å². The van der Waals surface area contributed by atoms with Gasteiger partial charge in [-0.3, -0.25) is 14.6 Å². The van der Waals surface area contributed by atoms with Crippen LogP contribution in [0.3, 0.4) is 0 Å². The number of hydrogen-bond acceptors (Lipinski definition) is 6. The Balaban J connectivity index is 2.38. The Morgan fingerprint density at radius 3 is 2.08 bits per heavy atom. The zero-order valence-electron chi connectivity index (χ0n) is 13.3. The molecule has 0 aliphatic rings. The maximum absolute atomic E-state index is 12.3. The Labute approximate surface area is 139 Å². The van der Waals surface area contributed by atoms with E-state index in [1.807, 2.05) is 0 Å². The molecule has 1 heterocycles. The number of hydrogen-bond donors (Lipinski definition) is 3. The average Bonchev–Trinajstić information content (AvgIpc) is 2.63. The molecule has 0 radical (unpaired) electrons. The summed E-state index contributed by atoms with van der Waals surface area (Å²) in [5.41, 5.74) is 6.46. The normalized spacial score (nSPS) is 9.96. The molecular formula is C16H18N4O4. The molecule has 1 aromatic carbocycles. The summed E-state index contributed by atoms with van der Waals surface area (Å²) in [5, 5.41) is 5.34. The SMILES string of the molecule is COc1cc(NC(=O)CN)c(NC(=O)c2ccncc2)cc1OC. The van der Waals surface area contributed by atoms with Gasteiger partial charge in [0.25, 0.3) is 5.91 Å². The molecule has 24 heavy (non-hydrogen) atoms.